The van der Waals surface area contributed by atoms with E-state index >= 15 is 0 Å². The van der Waals surface area contributed by atoms with Crippen molar-refractivity contribution in [2.75, 3.05) is 6.61 Å². The topological polar surface area (TPSA) is 141 Å². The van der Waals surface area contributed by atoms with Crippen molar-refractivity contribution < 1.29 is 14.6 Å². The van der Waals surface area contributed by atoms with E-state index < -0.39 is 5.97 Å². The normalized spacial score (nSPS) is 11.5. The number of aromatic nitrogens is 2. The molecule has 1 aromatic heterocycles. The first kappa shape index (κ1) is 25.5. The van der Waals surface area contributed by atoms with Gasteiger partial charge in [-0.05, 0) is 59.0 Å². The Hall–Kier alpha value is -5.15. The summed E-state index contributed by atoms with van der Waals surface area (Å²) in [7, 11) is 0. The van der Waals surface area contributed by atoms with Gasteiger partial charge in [-0.25, -0.2) is 16.2 Å². The molecule has 196 valence electrons. The summed E-state index contributed by atoms with van der Waals surface area (Å²) in [6.45, 7) is 2.66. The van der Waals surface area contributed by atoms with E-state index in [0.29, 0.717) is 30.2 Å². The van der Waals surface area contributed by atoms with Gasteiger partial charge in [0.25, 0.3) is 6.01 Å². The number of nitrogens with zero attached hydrogens (tertiary/aromatic N) is 3. The number of hydrazine groups is 1. The van der Waals surface area contributed by atoms with Crippen LogP contribution in [0.4, 0.5) is 0 Å². The van der Waals surface area contributed by atoms with Gasteiger partial charge in [-0.1, -0.05) is 66.7 Å². The Morgan fingerprint density at radius 3 is 2.38 bits per heavy atom. The number of hydrogen-bond acceptors (Lipinski definition) is 6. The second-order valence-corrected chi connectivity index (χ2v) is 8.84. The number of carbonyl (C=O) groups is 1. The third kappa shape index (κ3) is 5.16. The Labute approximate surface area is 225 Å². The average molecular weight is 521 g/mol. The molecule has 0 atom stereocenters. The van der Waals surface area contributed by atoms with Crippen LogP contribution in [0, 0.1) is 0 Å². The van der Waals surface area contributed by atoms with Gasteiger partial charge in [0.1, 0.15) is 0 Å². The third-order valence-electron chi connectivity index (χ3n) is 6.43. The summed E-state index contributed by atoms with van der Waals surface area (Å²) in [6, 6.07) is 29.5. The summed E-state index contributed by atoms with van der Waals surface area (Å²) in [6.07, 6.45) is 0. The number of aromatic carboxylic acids is 1. The average Bonchev–Trinajstić information content (AvgIpc) is 3.30. The lowest BCUT2D eigenvalue weighted by Crippen LogP contribution is -2.23. The zero-order valence-electron chi connectivity index (χ0n) is 21.3. The molecule has 0 saturated heterocycles. The number of nitrogens with one attached hydrogen (secondary N) is 1. The molecule has 9 heteroatoms. The van der Waals surface area contributed by atoms with Gasteiger partial charge < -0.3 is 15.6 Å². The minimum Gasteiger partial charge on any atom is -0.478 e. The molecule has 6 N–H and O–H groups in total. The fraction of sp³-hybridized carbons (Fsp3) is 0.100. The highest BCUT2D eigenvalue weighted by Gasteiger charge is 2.19. The van der Waals surface area contributed by atoms with E-state index in [1.54, 1.807) is 22.8 Å². The molecular weight excluding hydrogens is 492 g/mol. The Morgan fingerprint density at radius 2 is 1.69 bits per heavy atom. The molecule has 5 aromatic rings. The van der Waals surface area contributed by atoms with Crippen molar-refractivity contribution in [2.24, 2.45) is 16.7 Å². The van der Waals surface area contributed by atoms with Crippen molar-refractivity contribution in [1.29, 1.82) is 0 Å². The Bertz CT molecular complexity index is 1660. The summed E-state index contributed by atoms with van der Waals surface area (Å²) in [5.74, 6) is 4.64. The first-order chi connectivity index (χ1) is 19.0. The molecule has 0 aliphatic heterocycles. The predicted octanol–water partition coefficient (Wildman–Crippen LogP) is 4.60. The largest absolute Gasteiger partial charge is 0.478 e. The van der Waals surface area contributed by atoms with Crippen LogP contribution < -0.4 is 21.8 Å². The van der Waals surface area contributed by atoms with Crippen molar-refractivity contribution in [1.82, 2.24) is 15.1 Å². The summed E-state index contributed by atoms with van der Waals surface area (Å²) >= 11 is 0. The molecule has 0 saturated carbocycles. The second-order valence-electron chi connectivity index (χ2n) is 8.84. The zero-order valence-corrected chi connectivity index (χ0v) is 21.3. The monoisotopic (exact) mass is 520 g/mol. The van der Waals surface area contributed by atoms with Crippen LogP contribution in [-0.4, -0.2) is 33.1 Å². The van der Waals surface area contributed by atoms with Gasteiger partial charge in [0.05, 0.1) is 29.7 Å². The maximum absolute atomic E-state index is 11.9. The second kappa shape index (κ2) is 11.1. The first-order valence-electron chi connectivity index (χ1n) is 12.4. The van der Waals surface area contributed by atoms with Gasteiger partial charge in [0.2, 0.25) is 0 Å². The minimum atomic E-state index is -1.02. The number of carboxylic acid groups (broad SMARTS) is 1. The van der Waals surface area contributed by atoms with Crippen LogP contribution in [0.3, 0.4) is 0 Å². The first-order valence-corrected chi connectivity index (χ1v) is 12.4. The number of hydrogen-bond donors (Lipinski definition) is 4. The molecule has 0 radical (unpaired) electrons. The predicted molar refractivity (Wildman–Crippen MR) is 152 cm³/mol. The van der Waals surface area contributed by atoms with Gasteiger partial charge in [-0.2, -0.15) is 4.98 Å². The smallest absolute Gasteiger partial charge is 0.337 e. The number of rotatable bonds is 9. The fourth-order valence-corrected chi connectivity index (χ4v) is 4.64. The molecule has 0 fully saturated rings. The minimum absolute atomic E-state index is 0.174. The highest BCUT2D eigenvalue weighted by atomic mass is 16.5. The summed E-state index contributed by atoms with van der Waals surface area (Å²) in [5.41, 5.74) is 15.4. The number of para-hydroxylation sites is 1. The van der Waals surface area contributed by atoms with Crippen molar-refractivity contribution in [3.8, 4) is 28.3 Å². The van der Waals surface area contributed by atoms with Crippen LogP contribution in [0.25, 0.3) is 33.3 Å². The van der Waals surface area contributed by atoms with Gasteiger partial charge in [-0.3, -0.25) is 4.57 Å². The Kier molecular flexibility index (Phi) is 7.24. The van der Waals surface area contributed by atoms with Crippen LogP contribution >= 0.6 is 0 Å². The zero-order chi connectivity index (χ0) is 27.4. The van der Waals surface area contributed by atoms with E-state index in [1.165, 1.54) is 0 Å². The van der Waals surface area contributed by atoms with Crippen molar-refractivity contribution in [3.63, 3.8) is 0 Å². The highest BCUT2D eigenvalue weighted by molar-refractivity contribution is 6.04. The van der Waals surface area contributed by atoms with Gasteiger partial charge in [-0.15, -0.1) is 5.10 Å². The molecule has 39 heavy (non-hydrogen) atoms. The van der Waals surface area contributed by atoms with Crippen LogP contribution in [-0.2, 0) is 6.54 Å². The van der Waals surface area contributed by atoms with Gasteiger partial charge >= 0.3 is 5.97 Å². The number of benzene rings is 4. The number of hydrazone groups is 1. The number of carboxylic acids is 1. The van der Waals surface area contributed by atoms with E-state index in [4.69, 9.17) is 16.3 Å². The molecule has 0 aliphatic rings. The summed E-state index contributed by atoms with van der Waals surface area (Å²) in [5, 5.41) is 13.8. The third-order valence-corrected chi connectivity index (χ3v) is 6.43. The van der Waals surface area contributed by atoms with E-state index in [0.717, 1.165) is 33.4 Å². The number of fused-ring (bicyclic) bond motifs is 1. The highest BCUT2D eigenvalue weighted by Crippen LogP contribution is 2.31. The van der Waals surface area contributed by atoms with Gasteiger partial charge in [0, 0.05) is 5.56 Å². The summed E-state index contributed by atoms with van der Waals surface area (Å²) < 4.78 is 7.56. The molecule has 1 heterocycles. The molecule has 0 spiro atoms. The van der Waals surface area contributed by atoms with E-state index in [2.05, 4.69) is 33.8 Å². The van der Waals surface area contributed by atoms with Crippen LogP contribution in [0.5, 0.6) is 6.01 Å². The SMILES string of the molecule is CCOc1nc2cccc(C(=O)O)c2n1Cc1ccc(-c2cc(-c3ccccc3)ccc2/C(N)=N/NN)cc1. The molecule has 0 bridgehead atoms. The van der Waals surface area contributed by atoms with E-state index in [-0.39, 0.29) is 11.4 Å². The molecular formula is C30H28N6O3. The lowest BCUT2D eigenvalue weighted by Gasteiger charge is -2.14. The molecule has 5 rings (SSSR count). The number of nitrogens with two attached hydrogens (primary N) is 2. The lowest BCUT2D eigenvalue weighted by atomic mass is 9.93. The van der Waals surface area contributed by atoms with E-state index in [1.807, 2.05) is 61.5 Å². The van der Waals surface area contributed by atoms with Crippen LogP contribution in [0.2, 0.25) is 0 Å². The maximum atomic E-state index is 11.9. The number of ether oxygens (including phenoxy) is 1. The number of imidazole rings is 1. The molecule has 0 amide bonds. The lowest BCUT2D eigenvalue weighted by molar-refractivity contribution is 0.0698. The standard InChI is InChI=1S/C30H28N6O3/c1-2-39-30-33-26-10-6-9-24(29(37)38)27(26)36(30)18-19-11-13-21(14-12-19)25-17-22(20-7-4-3-5-8-20)15-16-23(25)28(31)34-35-32/h3-17,35H,2,18,32H2,1H3,(H2,31,34)(H,37,38). The maximum Gasteiger partial charge on any atom is 0.337 e. The van der Waals surface area contributed by atoms with Crippen molar-refractivity contribution in [2.45, 2.75) is 13.5 Å². The molecule has 4 aromatic carbocycles. The molecule has 9 nitrogen and oxygen atoms in total. The van der Waals surface area contributed by atoms with Gasteiger partial charge in [0.15, 0.2) is 5.84 Å². The quantitative estimate of drug-likeness (QED) is 0.0963. The Balaban J connectivity index is 1.55. The van der Waals surface area contributed by atoms with E-state index in [9.17, 15) is 9.90 Å². The van der Waals surface area contributed by atoms with Crippen LogP contribution in [0.1, 0.15) is 28.4 Å². The molecule has 0 unspecified atom stereocenters. The van der Waals surface area contributed by atoms with Crippen molar-refractivity contribution in [3.05, 3.63) is 108 Å². The van der Waals surface area contributed by atoms with Crippen LogP contribution in [0.15, 0.2) is 96.1 Å². The van der Waals surface area contributed by atoms with Crippen molar-refractivity contribution >= 4 is 22.8 Å². The number of amidine groups is 1. The summed E-state index contributed by atoms with van der Waals surface area (Å²) in [4.78, 5) is 16.5. The Morgan fingerprint density at radius 1 is 0.949 bits per heavy atom. The fourth-order valence-electron chi connectivity index (χ4n) is 4.64. The molecule has 0 aliphatic carbocycles.